The summed E-state index contributed by atoms with van der Waals surface area (Å²) >= 11 is 0. The Morgan fingerprint density at radius 2 is 1.94 bits per heavy atom. The van der Waals surface area contributed by atoms with Gasteiger partial charge in [0.05, 0.1) is 12.5 Å². The Balaban J connectivity index is 2.48. The zero-order valence-corrected chi connectivity index (χ0v) is 9.35. The second-order valence-corrected chi connectivity index (χ2v) is 3.69. The van der Waals surface area contributed by atoms with Crippen molar-refractivity contribution in [1.82, 2.24) is 5.32 Å². The molecule has 0 aliphatic rings. The van der Waals surface area contributed by atoms with Crippen LogP contribution in [0.3, 0.4) is 0 Å². The summed E-state index contributed by atoms with van der Waals surface area (Å²) in [5.74, 6) is -1.03. The van der Waals surface area contributed by atoms with E-state index in [1.807, 2.05) is 6.07 Å². The van der Waals surface area contributed by atoms with E-state index in [2.05, 4.69) is 5.32 Å². The van der Waals surface area contributed by atoms with Gasteiger partial charge in [0.25, 0.3) is 0 Å². The lowest BCUT2D eigenvalue weighted by Gasteiger charge is -2.11. The van der Waals surface area contributed by atoms with E-state index in [0.717, 1.165) is 5.56 Å². The van der Waals surface area contributed by atoms with Crippen LogP contribution < -0.4 is 22.5 Å². The Kier molecular flexibility index (Phi) is 4.47. The number of carbonyl (C=O) groups is 2. The molecule has 0 unspecified atom stereocenters. The summed E-state index contributed by atoms with van der Waals surface area (Å²) in [6.45, 7) is 0.276. The second kappa shape index (κ2) is 5.86. The van der Waals surface area contributed by atoms with Crippen molar-refractivity contribution >= 4 is 17.5 Å². The number of para-hydroxylation sites is 1. The van der Waals surface area contributed by atoms with Crippen LogP contribution in [0.25, 0.3) is 0 Å². The van der Waals surface area contributed by atoms with Crippen LogP contribution in [0, 0.1) is 0 Å². The average molecular weight is 236 g/mol. The number of nitrogens with two attached hydrogens (primary N) is 3. The molecule has 0 spiro atoms. The maximum absolute atomic E-state index is 11.5. The van der Waals surface area contributed by atoms with Crippen molar-refractivity contribution in [2.24, 2.45) is 11.5 Å². The average Bonchev–Trinajstić information content (AvgIpc) is 2.26. The van der Waals surface area contributed by atoms with Gasteiger partial charge in [-0.1, -0.05) is 18.2 Å². The van der Waals surface area contributed by atoms with E-state index in [4.69, 9.17) is 17.2 Å². The van der Waals surface area contributed by atoms with Crippen LogP contribution in [0.1, 0.15) is 12.0 Å². The van der Waals surface area contributed by atoms with Crippen molar-refractivity contribution in [2.45, 2.75) is 19.0 Å². The minimum absolute atomic E-state index is 0.171. The van der Waals surface area contributed by atoms with Gasteiger partial charge in [0, 0.05) is 12.2 Å². The van der Waals surface area contributed by atoms with Crippen molar-refractivity contribution in [3.63, 3.8) is 0 Å². The summed E-state index contributed by atoms with van der Waals surface area (Å²) in [4.78, 5) is 22.1. The molecule has 0 aliphatic heterocycles. The molecule has 7 N–H and O–H groups in total. The lowest BCUT2D eigenvalue weighted by molar-refractivity contribution is -0.126. The topological polar surface area (TPSA) is 124 Å². The summed E-state index contributed by atoms with van der Waals surface area (Å²) in [7, 11) is 0. The molecule has 0 saturated carbocycles. The molecule has 0 aromatic heterocycles. The standard InChI is InChI=1S/C11H16N4O2/c12-8-4-2-1-3-7(8)6-15-11(17)9(13)5-10(14)16/h1-4,9H,5-6,12-13H2,(H2,14,16)(H,15,17)/t9-/m0/s1. The largest absolute Gasteiger partial charge is 0.398 e. The van der Waals surface area contributed by atoms with E-state index in [1.54, 1.807) is 18.2 Å². The molecule has 0 fully saturated rings. The predicted octanol–water partition coefficient (Wildman–Crippen LogP) is -0.912. The molecule has 2 amide bonds. The molecule has 17 heavy (non-hydrogen) atoms. The van der Waals surface area contributed by atoms with Gasteiger partial charge in [0.1, 0.15) is 0 Å². The number of nitrogen functional groups attached to an aromatic ring is 1. The maximum atomic E-state index is 11.5. The number of amides is 2. The molecule has 1 rings (SSSR count). The normalized spacial score (nSPS) is 11.8. The molecular weight excluding hydrogens is 220 g/mol. The van der Waals surface area contributed by atoms with E-state index in [1.165, 1.54) is 0 Å². The fourth-order valence-electron chi connectivity index (χ4n) is 1.32. The van der Waals surface area contributed by atoms with Crippen molar-refractivity contribution in [2.75, 3.05) is 5.73 Å². The van der Waals surface area contributed by atoms with Gasteiger partial charge in [-0.2, -0.15) is 0 Å². The molecule has 6 heteroatoms. The minimum Gasteiger partial charge on any atom is -0.398 e. The first-order chi connectivity index (χ1) is 8.00. The number of anilines is 1. The molecule has 0 aliphatic carbocycles. The predicted molar refractivity (Wildman–Crippen MR) is 64.5 cm³/mol. The number of primary amides is 1. The number of benzene rings is 1. The Morgan fingerprint density at radius 3 is 2.53 bits per heavy atom. The van der Waals surface area contributed by atoms with Crippen LogP contribution in [0.2, 0.25) is 0 Å². The summed E-state index contributed by atoms with van der Waals surface area (Å²) in [6.07, 6.45) is -0.171. The van der Waals surface area contributed by atoms with Gasteiger partial charge in [0.2, 0.25) is 11.8 Å². The highest BCUT2D eigenvalue weighted by molar-refractivity contribution is 5.87. The van der Waals surface area contributed by atoms with Gasteiger partial charge in [-0.3, -0.25) is 9.59 Å². The Hall–Kier alpha value is -2.08. The lowest BCUT2D eigenvalue weighted by atomic mass is 10.1. The van der Waals surface area contributed by atoms with Crippen molar-refractivity contribution in [3.8, 4) is 0 Å². The maximum Gasteiger partial charge on any atom is 0.237 e. The van der Waals surface area contributed by atoms with Gasteiger partial charge in [-0.25, -0.2) is 0 Å². The van der Waals surface area contributed by atoms with Crippen molar-refractivity contribution in [3.05, 3.63) is 29.8 Å². The molecule has 1 aromatic rings. The highest BCUT2D eigenvalue weighted by Crippen LogP contribution is 2.09. The molecule has 6 nitrogen and oxygen atoms in total. The van der Waals surface area contributed by atoms with Crippen LogP contribution in [-0.4, -0.2) is 17.9 Å². The SMILES string of the molecule is NC(=O)C[C@H](N)C(=O)NCc1ccccc1N. The zero-order valence-electron chi connectivity index (χ0n) is 9.35. The second-order valence-electron chi connectivity index (χ2n) is 3.69. The Morgan fingerprint density at radius 1 is 1.29 bits per heavy atom. The number of nitrogens with one attached hydrogen (secondary N) is 1. The third-order valence-corrected chi connectivity index (χ3v) is 2.27. The Labute approximate surface area is 99.1 Å². The lowest BCUT2D eigenvalue weighted by Crippen LogP contribution is -2.42. The Bertz CT molecular complexity index is 420. The first-order valence-corrected chi connectivity index (χ1v) is 5.15. The molecule has 1 aromatic carbocycles. The summed E-state index contributed by atoms with van der Waals surface area (Å²) < 4.78 is 0. The summed E-state index contributed by atoms with van der Waals surface area (Å²) in [5.41, 5.74) is 17.5. The molecule has 0 radical (unpaired) electrons. The van der Waals surface area contributed by atoms with Gasteiger partial charge < -0.3 is 22.5 Å². The van der Waals surface area contributed by atoms with Crippen LogP contribution in [0.5, 0.6) is 0 Å². The van der Waals surface area contributed by atoms with E-state index < -0.39 is 17.9 Å². The van der Waals surface area contributed by atoms with Crippen molar-refractivity contribution in [1.29, 1.82) is 0 Å². The quantitative estimate of drug-likeness (QED) is 0.494. The number of hydrogen-bond acceptors (Lipinski definition) is 4. The van der Waals surface area contributed by atoms with Crippen LogP contribution >= 0.6 is 0 Å². The first kappa shape index (κ1) is 13.0. The van der Waals surface area contributed by atoms with Crippen LogP contribution in [-0.2, 0) is 16.1 Å². The van der Waals surface area contributed by atoms with E-state index >= 15 is 0 Å². The van der Waals surface area contributed by atoms with Crippen LogP contribution in [0.15, 0.2) is 24.3 Å². The summed E-state index contributed by atoms with van der Waals surface area (Å²) in [6, 6.07) is 6.25. The number of carbonyl (C=O) groups excluding carboxylic acids is 2. The van der Waals surface area contributed by atoms with Crippen molar-refractivity contribution < 1.29 is 9.59 Å². The molecule has 1 atom stereocenters. The molecule has 0 heterocycles. The molecule has 0 saturated heterocycles. The van der Waals surface area contributed by atoms with Crippen LogP contribution in [0.4, 0.5) is 5.69 Å². The van der Waals surface area contributed by atoms with E-state index in [9.17, 15) is 9.59 Å². The summed E-state index contributed by atoms with van der Waals surface area (Å²) in [5, 5.41) is 2.59. The molecule has 0 bridgehead atoms. The fourth-order valence-corrected chi connectivity index (χ4v) is 1.32. The molecular formula is C11H16N4O2. The van der Waals surface area contributed by atoms with E-state index in [0.29, 0.717) is 5.69 Å². The third kappa shape index (κ3) is 4.12. The smallest absolute Gasteiger partial charge is 0.237 e. The highest BCUT2D eigenvalue weighted by Gasteiger charge is 2.15. The van der Waals surface area contributed by atoms with Gasteiger partial charge in [-0.15, -0.1) is 0 Å². The first-order valence-electron chi connectivity index (χ1n) is 5.15. The van der Waals surface area contributed by atoms with Gasteiger partial charge in [-0.05, 0) is 11.6 Å². The minimum atomic E-state index is -0.919. The fraction of sp³-hybridized carbons (Fsp3) is 0.273. The molecule has 92 valence electrons. The van der Waals surface area contributed by atoms with Gasteiger partial charge >= 0.3 is 0 Å². The third-order valence-electron chi connectivity index (χ3n) is 2.27. The van der Waals surface area contributed by atoms with E-state index in [-0.39, 0.29) is 13.0 Å². The number of rotatable bonds is 5. The number of hydrogen-bond donors (Lipinski definition) is 4. The zero-order chi connectivity index (χ0) is 12.8. The van der Waals surface area contributed by atoms with Gasteiger partial charge in [0.15, 0.2) is 0 Å². The monoisotopic (exact) mass is 236 g/mol. The highest BCUT2D eigenvalue weighted by atomic mass is 16.2.